The summed E-state index contributed by atoms with van der Waals surface area (Å²) in [7, 11) is -1.33. The molecule has 54 valence electrons. The highest BCUT2D eigenvalue weighted by atomic mass is 28.3. The van der Waals surface area contributed by atoms with Crippen LogP contribution in [0.4, 0.5) is 0 Å². The summed E-state index contributed by atoms with van der Waals surface area (Å²) in [4.78, 5) is 0. The van der Waals surface area contributed by atoms with Crippen LogP contribution in [0.25, 0.3) is 0 Å². The molecule has 0 spiro atoms. The van der Waals surface area contributed by atoms with Gasteiger partial charge < -0.3 is 9.84 Å². The Balaban J connectivity index is 2.40. The maximum Gasteiger partial charge on any atom is 0.104 e. The highest BCUT2D eigenvalue weighted by Crippen LogP contribution is 2.21. The van der Waals surface area contributed by atoms with Gasteiger partial charge in [-0.1, -0.05) is 19.6 Å². The summed E-state index contributed by atoms with van der Waals surface area (Å²) in [6, 6.07) is 0. The van der Waals surface area contributed by atoms with Crippen LogP contribution >= 0.6 is 0 Å². The first-order valence-electron chi connectivity index (χ1n) is 3.31. The summed E-state index contributed by atoms with van der Waals surface area (Å²) in [6.07, 6.45) is 0.177. The lowest BCUT2D eigenvalue weighted by Crippen LogP contribution is -2.42. The Hall–Kier alpha value is 0.137. The monoisotopic (exact) mass is 146 g/mol. The molecule has 2 unspecified atom stereocenters. The molecule has 1 fully saturated rings. The normalized spacial score (nSPS) is 30.0. The fourth-order valence-corrected chi connectivity index (χ4v) is 2.10. The molecule has 1 heterocycles. The maximum atomic E-state index is 9.46. The molecule has 2 nitrogen and oxygen atoms in total. The van der Waals surface area contributed by atoms with Crippen LogP contribution in [0.3, 0.4) is 0 Å². The van der Waals surface area contributed by atoms with Crippen molar-refractivity contribution in [3.8, 4) is 0 Å². The topological polar surface area (TPSA) is 32.8 Å². The lowest BCUT2D eigenvalue weighted by molar-refractivity contribution is 0.196. The van der Waals surface area contributed by atoms with Crippen molar-refractivity contribution in [2.45, 2.75) is 31.5 Å². The zero-order chi connectivity index (χ0) is 7.07. The van der Waals surface area contributed by atoms with Crippen molar-refractivity contribution in [2.75, 3.05) is 6.61 Å². The SMILES string of the molecule is C[Si](C)(C)C(O)C1CO1. The summed E-state index contributed by atoms with van der Waals surface area (Å²) in [5, 5.41) is 9.46. The Morgan fingerprint density at radius 1 is 1.56 bits per heavy atom. The van der Waals surface area contributed by atoms with E-state index in [1.165, 1.54) is 0 Å². The Labute approximate surface area is 56.8 Å². The standard InChI is InChI=1S/C6H14O2Si/c1-9(2,3)6(7)5-4-8-5/h5-7H,4H2,1-3H3. The molecule has 0 aromatic carbocycles. The predicted octanol–water partition coefficient (Wildman–Crippen LogP) is 0.623. The second-order valence-corrected chi connectivity index (χ2v) is 9.01. The first kappa shape index (κ1) is 7.25. The molecule has 0 aliphatic carbocycles. The van der Waals surface area contributed by atoms with Crippen LogP contribution in [0.15, 0.2) is 0 Å². The number of aliphatic hydroxyl groups excluding tert-OH is 1. The average molecular weight is 146 g/mol. The van der Waals surface area contributed by atoms with E-state index in [2.05, 4.69) is 19.6 Å². The molecule has 1 aliphatic rings. The first-order valence-corrected chi connectivity index (χ1v) is 6.89. The van der Waals surface area contributed by atoms with E-state index >= 15 is 0 Å². The molecule has 9 heavy (non-hydrogen) atoms. The highest BCUT2D eigenvalue weighted by Gasteiger charge is 2.39. The minimum Gasteiger partial charge on any atom is -0.394 e. The fourth-order valence-electron chi connectivity index (χ4n) is 0.796. The number of hydrogen-bond acceptors (Lipinski definition) is 2. The van der Waals surface area contributed by atoms with Crippen LogP contribution in [0.2, 0.25) is 19.6 Å². The summed E-state index contributed by atoms with van der Waals surface area (Å²) < 4.78 is 4.98. The van der Waals surface area contributed by atoms with E-state index in [1.54, 1.807) is 0 Å². The Morgan fingerprint density at radius 3 is 2.11 bits per heavy atom. The lowest BCUT2D eigenvalue weighted by atomic mass is 10.5. The third-order valence-electron chi connectivity index (χ3n) is 1.60. The van der Waals surface area contributed by atoms with E-state index in [-0.39, 0.29) is 11.8 Å². The Bertz CT molecular complexity index is 104. The van der Waals surface area contributed by atoms with Crippen molar-refractivity contribution >= 4 is 8.07 Å². The van der Waals surface area contributed by atoms with Gasteiger partial charge in [-0.15, -0.1) is 0 Å². The molecule has 1 N–H and O–H groups in total. The lowest BCUT2D eigenvalue weighted by Gasteiger charge is -2.21. The molecule has 1 rings (SSSR count). The van der Waals surface area contributed by atoms with Gasteiger partial charge in [0.05, 0.1) is 20.4 Å². The molecule has 0 amide bonds. The van der Waals surface area contributed by atoms with Crippen molar-refractivity contribution < 1.29 is 9.84 Å². The van der Waals surface area contributed by atoms with Gasteiger partial charge in [-0.25, -0.2) is 0 Å². The number of epoxide rings is 1. The van der Waals surface area contributed by atoms with E-state index in [1.807, 2.05) is 0 Å². The van der Waals surface area contributed by atoms with Gasteiger partial charge in [-0.3, -0.25) is 0 Å². The van der Waals surface area contributed by atoms with Crippen molar-refractivity contribution in [1.82, 2.24) is 0 Å². The molecule has 3 heteroatoms. The summed E-state index contributed by atoms with van der Waals surface area (Å²) in [5.41, 5.74) is -0.155. The molecule has 0 aromatic rings. The number of aliphatic hydroxyl groups is 1. The Kier molecular flexibility index (Phi) is 1.67. The van der Waals surface area contributed by atoms with Crippen LogP contribution in [0.5, 0.6) is 0 Å². The quantitative estimate of drug-likeness (QED) is 0.457. The van der Waals surface area contributed by atoms with Gasteiger partial charge in [0.1, 0.15) is 6.10 Å². The summed E-state index contributed by atoms with van der Waals surface area (Å²) in [6.45, 7) is 7.23. The van der Waals surface area contributed by atoms with Gasteiger partial charge in [0.15, 0.2) is 0 Å². The smallest absolute Gasteiger partial charge is 0.104 e. The second-order valence-electron chi connectivity index (χ2n) is 3.68. The van der Waals surface area contributed by atoms with Crippen LogP contribution in [0.1, 0.15) is 0 Å². The second kappa shape index (κ2) is 2.07. The molecule has 2 atom stereocenters. The van der Waals surface area contributed by atoms with Crippen molar-refractivity contribution in [3.63, 3.8) is 0 Å². The van der Waals surface area contributed by atoms with Crippen LogP contribution in [0, 0.1) is 0 Å². The van der Waals surface area contributed by atoms with E-state index in [4.69, 9.17) is 4.74 Å². The van der Waals surface area contributed by atoms with Gasteiger partial charge in [0.2, 0.25) is 0 Å². The van der Waals surface area contributed by atoms with Crippen molar-refractivity contribution in [1.29, 1.82) is 0 Å². The zero-order valence-electron chi connectivity index (χ0n) is 6.22. The molecule has 0 aromatic heterocycles. The van der Waals surface area contributed by atoms with Crippen molar-refractivity contribution in [2.24, 2.45) is 0 Å². The molecule has 1 saturated heterocycles. The maximum absolute atomic E-state index is 9.46. The molecular weight excluding hydrogens is 132 g/mol. The van der Waals surface area contributed by atoms with Gasteiger partial charge in [0.25, 0.3) is 0 Å². The molecule has 1 aliphatic heterocycles. The molecule has 0 radical (unpaired) electrons. The molecule has 0 saturated carbocycles. The third-order valence-corrected chi connectivity index (χ3v) is 3.74. The van der Waals surface area contributed by atoms with Gasteiger partial charge >= 0.3 is 0 Å². The largest absolute Gasteiger partial charge is 0.394 e. The van der Waals surface area contributed by atoms with Crippen LogP contribution < -0.4 is 0 Å². The Morgan fingerprint density at radius 2 is 2.00 bits per heavy atom. The molecule has 0 bridgehead atoms. The minimum atomic E-state index is -1.33. The van der Waals surface area contributed by atoms with Crippen molar-refractivity contribution in [3.05, 3.63) is 0 Å². The van der Waals surface area contributed by atoms with E-state index in [9.17, 15) is 5.11 Å². The third kappa shape index (κ3) is 1.78. The summed E-state index contributed by atoms with van der Waals surface area (Å²) >= 11 is 0. The zero-order valence-corrected chi connectivity index (χ0v) is 7.22. The predicted molar refractivity (Wildman–Crippen MR) is 39.1 cm³/mol. The van der Waals surface area contributed by atoms with Gasteiger partial charge in [-0.2, -0.15) is 0 Å². The summed E-state index contributed by atoms with van der Waals surface area (Å²) in [5.74, 6) is 0. The van der Waals surface area contributed by atoms with Crippen LogP contribution in [-0.4, -0.2) is 31.6 Å². The highest BCUT2D eigenvalue weighted by molar-refractivity contribution is 6.77. The minimum absolute atomic E-state index is 0.155. The van der Waals surface area contributed by atoms with Crippen LogP contribution in [-0.2, 0) is 4.74 Å². The van der Waals surface area contributed by atoms with E-state index in [0.717, 1.165) is 6.61 Å². The fraction of sp³-hybridized carbons (Fsp3) is 1.00. The van der Waals surface area contributed by atoms with E-state index < -0.39 is 8.07 Å². The average Bonchev–Trinajstić information content (AvgIpc) is 2.40. The van der Waals surface area contributed by atoms with Gasteiger partial charge in [0, 0.05) is 0 Å². The number of ether oxygens (including phenoxy) is 1. The molecular formula is C6H14O2Si. The number of hydrogen-bond donors (Lipinski definition) is 1. The number of rotatable bonds is 2. The van der Waals surface area contributed by atoms with E-state index in [0.29, 0.717) is 0 Å². The first-order chi connectivity index (χ1) is 4.02. The van der Waals surface area contributed by atoms with Gasteiger partial charge in [-0.05, 0) is 0 Å².